The Morgan fingerprint density at radius 3 is 2.20 bits per heavy atom. The van der Waals surface area contributed by atoms with E-state index in [4.69, 9.17) is 11.5 Å². The summed E-state index contributed by atoms with van der Waals surface area (Å²) in [6.45, 7) is 0. The predicted octanol–water partition coefficient (Wildman–Crippen LogP) is 0.939. The van der Waals surface area contributed by atoms with Crippen molar-refractivity contribution in [1.29, 1.82) is 0 Å². The number of rotatable bonds is 1. The van der Waals surface area contributed by atoms with Crippen LogP contribution in [-0.2, 0) is 0 Å². The van der Waals surface area contributed by atoms with Crippen LogP contribution in [0.2, 0.25) is 0 Å². The fourth-order valence-electron chi connectivity index (χ4n) is 1.83. The summed E-state index contributed by atoms with van der Waals surface area (Å²) in [5.74, 6) is -3.96. The molecule has 7 heteroatoms. The van der Waals surface area contributed by atoms with Crippen molar-refractivity contribution in [3.05, 3.63) is 5.82 Å². The van der Waals surface area contributed by atoms with Gasteiger partial charge in [0.2, 0.25) is 11.9 Å². The van der Waals surface area contributed by atoms with Gasteiger partial charge in [-0.3, -0.25) is 0 Å². The van der Waals surface area contributed by atoms with Crippen molar-refractivity contribution in [2.24, 2.45) is 0 Å². The minimum atomic E-state index is -2.76. The highest BCUT2D eigenvalue weighted by atomic mass is 19.3. The van der Waals surface area contributed by atoms with Gasteiger partial charge in [-0.2, -0.15) is 15.0 Å². The third-order valence-electron chi connectivity index (χ3n) is 2.51. The zero-order valence-corrected chi connectivity index (χ0v) is 7.95. The van der Waals surface area contributed by atoms with Crippen LogP contribution in [0.1, 0.15) is 31.0 Å². The summed E-state index contributed by atoms with van der Waals surface area (Å²) in [6, 6.07) is 0. The molecular formula is C8H11F2N5. The smallest absolute Gasteiger partial charge is 0.257 e. The zero-order valence-electron chi connectivity index (χ0n) is 7.95. The second-order valence-corrected chi connectivity index (χ2v) is 3.62. The van der Waals surface area contributed by atoms with Crippen LogP contribution in [-0.4, -0.2) is 20.9 Å². The first-order valence-corrected chi connectivity index (χ1v) is 4.64. The molecule has 1 aliphatic rings. The van der Waals surface area contributed by atoms with Crippen molar-refractivity contribution in [2.75, 3.05) is 11.5 Å². The lowest BCUT2D eigenvalue weighted by atomic mass is 10.0. The van der Waals surface area contributed by atoms with Gasteiger partial charge in [-0.05, 0) is 12.8 Å². The maximum absolute atomic E-state index is 13.4. The summed E-state index contributed by atoms with van der Waals surface area (Å²) in [6.07, 6.45) is 0.683. The molecule has 1 aromatic rings. The van der Waals surface area contributed by atoms with Gasteiger partial charge in [0.15, 0.2) is 0 Å². The van der Waals surface area contributed by atoms with Crippen molar-refractivity contribution in [2.45, 2.75) is 31.1 Å². The molecule has 1 aromatic heterocycles. The molecule has 1 unspecified atom stereocenters. The maximum atomic E-state index is 13.4. The lowest BCUT2D eigenvalue weighted by Crippen LogP contribution is -2.23. The van der Waals surface area contributed by atoms with E-state index in [2.05, 4.69) is 15.0 Å². The van der Waals surface area contributed by atoms with Gasteiger partial charge in [-0.1, -0.05) is 0 Å². The molecule has 2 rings (SSSR count). The SMILES string of the molecule is Nc1nc(N)nc(C2CCCC2(F)F)n1. The summed E-state index contributed by atoms with van der Waals surface area (Å²) in [7, 11) is 0. The fraction of sp³-hybridized carbons (Fsp3) is 0.625. The fourth-order valence-corrected chi connectivity index (χ4v) is 1.83. The number of nitrogens with zero attached hydrogens (tertiary/aromatic N) is 3. The second-order valence-electron chi connectivity index (χ2n) is 3.62. The van der Waals surface area contributed by atoms with E-state index in [9.17, 15) is 8.78 Å². The number of hydrogen-bond acceptors (Lipinski definition) is 5. The highest BCUT2D eigenvalue weighted by Crippen LogP contribution is 2.45. The van der Waals surface area contributed by atoms with Crippen LogP contribution in [0, 0.1) is 0 Å². The van der Waals surface area contributed by atoms with Crippen LogP contribution in [0.5, 0.6) is 0 Å². The molecule has 0 bridgehead atoms. The van der Waals surface area contributed by atoms with Gasteiger partial charge < -0.3 is 11.5 Å². The summed E-state index contributed by atoms with van der Waals surface area (Å²) in [5.41, 5.74) is 10.7. The minimum absolute atomic E-state index is 0.00231. The van der Waals surface area contributed by atoms with Gasteiger partial charge in [0.1, 0.15) is 5.82 Å². The van der Waals surface area contributed by atoms with Gasteiger partial charge in [0.25, 0.3) is 5.92 Å². The third-order valence-corrected chi connectivity index (χ3v) is 2.51. The number of alkyl halides is 2. The Labute approximate surface area is 84.9 Å². The molecule has 1 heterocycles. The molecule has 82 valence electrons. The Morgan fingerprint density at radius 2 is 1.73 bits per heavy atom. The van der Waals surface area contributed by atoms with Gasteiger partial charge in [-0.25, -0.2) is 8.78 Å². The van der Waals surface area contributed by atoms with E-state index in [1.165, 1.54) is 0 Å². The normalized spacial score (nSPS) is 24.3. The van der Waals surface area contributed by atoms with E-state index in [0.29, 0.717) is 12.8 Å². The van der Waals surface area contributed by atoms with Gasteiger partial charge >= 0.3 is 0 Å². The first kappa shape index (κ1) is 10.0. The van der Waals surface area contributed by atoms with Crippen LogP contribution in [0.4, 0.5) is 20.7 Å². The molecule has 4 N–H and O–H groups in total. The summed E-state index contributed by atoms with van der Waals surface area (Å²) >= 11 is 0. The monoisotopic (exact) mass is 215 g/mol. The molecule has 1 atom stereocenters. The van der Waals surface area contributed by atoms with Gasteiger partial charge in [0, 0.05) is 6.42 Å². The van der Waals surface area contributed by atoms with Crippen LogP contribution >= 0.6 is 0 Å². The Hall–Kier alpha value is -1.53. The average molecular weight is 215 g/mol. The van der Waals surface area contributed by atoms with Crippen molar-refractivity contribution >= 4 is 11.9 Å². The molecule has 0 amide bonds. The molecule has 0 saturated heterocycles. The largest absolute Gasteiger partial charge is 0.368 e. The topological polar surface area (TPSA) is 90.7 Å². The average Bonchev–Trinajstić information content (AvgIpc) is 2.43. The summed E-state index contributed by atoms with van der Waals surface area (Å²) < 4.78 is 26.8. The third kappa shape index (κ3) is 1.81. The molecular weight excluding hydrogens is 204 g/mol. The van der Waals surface area contributed by atoms with E-state index in [1.54, 1.807) is 0 Å². The Morgan fingerprint density at radius 1 is 1.13 bits per heavy atom. The number of hydrogen-bond donors (Lipinski definition) is 2. The molecule has 1 aliphatic carbocycles. The Kier molecular flexibility index (Phi) is 2.17. The van der Waals surface area contributed by atoms with E-state index >= 15 is 0 Å². The van der Waals surface area contributed by atoms with Gasteiger partial charge in [-0.15, -0.1) is 0 Å². The number of anilines is 2. The summed E-state index contributed by atoms with van der Waals surface area (Å²) in [4.78, 5) is 11.0. The highest BCUT2D eigenvalue weighted by Gasteiger charge is 2.46. The molecule has 0 aliphatic heterocycles. The lowest BCUT2D eigenvalue weighted by Gasteiger charge is -2.17. The quantitative estimate of drug-likeness (QED) is 0.727. The lowest BCUT2D eigenvalue weighted by molar-refractivity contribution is -0.0112. The van der Waals surface area contributed by atoms with Crippen molar-refractivity contribution in [1.82, 2.24) is 15.0 Å². The predicted molar refractivity (Wildman–Crippen MR) is 50.2 cm³/mol. The number of nitrogen functional groups attached to an aromatic ring is 2. The summed E-state index contributed by atoms with van der Waals surface area (Å²) in [5, 5.41) is 0. The molecule has 15 heavy (non-hydrogen) atoms. The zero-order chi connectivity index (χ0) is 11.1. The highest BCUT2D eigenvalue weighted by molar-refractivity contribution is 5.27. The minimum Gasteiger partial charge on any atom is -0.368 e. The van der Waals surface area contributed by atoms with Crippen LogP contribution < -0.4 is 11.5 Å². The first-order valence-electron chi connectivity index (χ1n) is 4.64. The number of aromatic nitrogens is 3. The van der Waals surface area contributed by atoms with Crippen LogP contribution in [0.3, 0.4) is 0 Å². The molecule has 1 saturated carbocycles. The van der Waals surface area contributed by atoms with E-state index in [0.717, 1.165) is 0 Å². The van der Waals surface area contributed by atoms with Crippen LogP contribution in [0.15, 0.2) is 0 Å². The molecule has 0 spiro atoms. The standard InChI is InChI=1S/C8H11F2N5/c9-8(10)3-1-2-4(8)5-13-6(11)15-7(12)14-5/h4H,1-3H2,(H4,11,12,13,14,15). The molecule has 5 nitrogen and oxygen atoms in total. The van der Waals surface area contributed by atoms with Gasteiger partial charge in [0.05, 0.1) is 5.92 Å². The Bertz CT molecular complexity index is 361. The van der Waals surface area contributed by atoms with Crippen molar-refractivity contribution in [3.63, 3.8) is 0 Å². The second kappa shape index (κ2) is 3.25. The Balaban J connectivity index is 2.37. The molecule has 0 aromatic carbocycles. The first-order chi connectivity index (χ1) is 6.99. The number of nitrogens with two attached hydrogens (primary N) is 2. The van der Waals surface area contributed by atoms with Crippen LogP contribution in [0.25, 0.3) is 0 Å². The van der Waals surface area contributed by atoms with E-state index in [-0.39, 0.29) is 24.1 Å². The van der Waals surface area contributed by atoms with E-state index < -0.39 is 11.8 Å². The molecule has 1 fully saturated rings. The van der Waals surface area contributed by atoms with Crippen molar-refractivity contribution in [3.8, 4) is 0 Å². The number of halogens is 2. The van der Waals surface area contributed by atoms with E-state index in [1.807, 2.05) is 0 Å². The molecule has 0 radical (unpaired) electrons. The van der Waals surface area contributed by atoms with Crippen molar-refractivity contribution < 1.29 is 8.78 Å². The maximum Gasteiger partial charge on any atom is 0.257 e.